The third-order valence-corrected chi connectivity index (χ3v) is 5.42. The van der Waals surface area contributed by atoms with Crippen molar-refractivity contribution in [3.05, 3.63) is 30.3 Å². The van der Waals surface area contributed by atoms with Crippen LogP contribution < -0.4 is 0 Å². The van der Waals surface area contributed by atoms with E-state index in [0.29, 0.717) is 6.04 Å². The first-order valence-electron chi connectivity index (χ1n) is 7.21. The number of hydrogen-bond acceptors (Lipinski definition) is 5. The molecule has 0 saturated carbocycles. The van der Waals surface area contributed by atoms with Gasteiger partial charge in [0.1, 0.15) is 0 Å². The van der Waals surface area contributed by atoms with Crippen molar-refractivity contribution >= 4 is 11.9 Å². The Morgan fingerprint density at radius 1 is 1.30 bits per heavy atom. The molecule has 2 heterocycles. The van der Waals surface area contributed by atoms with Crippen molar-refractivity contribution in [2.45, 2.75) is 35.8 Å². The summed E-state index contributed by atoms with van der Waals surface area (Å²) >= 11 is 1.78. The highest BCUT2D eigenvalue weighted by atomic mass is 32.2. The van der Waals surface area contributed by atoms with E-state index in [2.05, 4.69) is 35.6 Å². The molecule has 0 bridgehead atoms. The molecule has 5 heteroatoms. The van der Waals surface area contributed by atoms with Crippen molar-refractivity contribution in [1.82, 2.24) is 9.37 Å². The van der Waals surface area contributed by atoms with Crippen LogP contribution >= 0.6 is 11.9 Å². The molecule has 0 unspecified atom stereocenters. The Morgan fingerprint density at radius 2 is 2.00 bits per heavy atom. The van der Waals surface area contributed by atoms with Crippen LogP contribution in [0.3, 0.4) is 0 Å². The Kier molecular flexibility index (Phi) is 4.33. The maximum Gasteiger partial charge on any atom is 0.0725 e. The third-order valence-electron chi connectivity index (χ3n) is 4.35. The molecule has 1 N–H and O–H groups in total. The number of benzene rings is 1. The molecule has 0 amide bonds. The average Bonchev–Trinajstić information content (AvgIpc) is 2.88. The van der Waals surface area contributed by atoms with Gasteiger partial charge in [0.15, 0.2) is 0 Å². The smallest absolute Gasteiger partial charge is 0.0725 e. The molecule has 2 aliphatic heterocycles. The predicted molar refractivity (Wildman–Crippen MR) is 79.7 cm³/mol. The number of hydrogen-bond donors (Lipinski definition) is 1. The van der Waals surface area contributed by atoms with Gasteiger partial charge in [-0.3, -0.25) is 0 Å². The number of likely N-dealkylation sites (N-methyl/N-ethyl adjacent to an activating group) is 1. The molecule has 2 fully saturated rings. The quantitative estimate of drug-likeness (QED) is 0.867. The van der Waals surface area contributed by atoms with E-state index >= 15 is 0 Å². The van der Waals surface area contributed by atoms with Crippen molar-refractivity contribution in [2.75, 3.05) is 26.7 Å². The van der Waals surface area contributed by atoms with Crippen LogP contribution in [0.5, 0.6) is 0 Å². The summed E-state index contributed by atoms with van der Waals surface area (Å²) < 4.78 is 8.42. The number of ether oxygens (including phenoxy) is 1. The average molecular weight is 294 g/mol. The second kappa shape index (κ2) is 6.03. The summed E-state index contributed by atoms with van der Waals surface area (Å²) in [4.78, 5) is 1.26. The Hall–Kier alpha value is -0.590. The van der Waals surface area contributed by atoms with Crippen LogP contribution in [0.4, 0.5) is 0 Å². The van der Waals surface area contributed by atoms with E-state index < -0.39 is 0 Å². The molecule has 110 valence electrons. The van der Waals surface area contributed by atoms with Crippen LogP contribution in [0.2, 0.25) is 0 Å². The van der Waals surface area contributed by atoms with Crippen molar-refractivity contribution in [2.24, 2.45) is 0 Å². The fraction of sp³-hybridized carbons (Fsp3) is 0.600. The molecule has 1 atom stereocenters. The fourth-order valence-electron chi connectivity index (χ4n) is 3.03. The van der Waals surface area contributed by atoms with E-state index in [-0.39, 0.29) is 5.60 Å². The minimum absolute atomic E-state index is 0.00456. The third kappa shape index (κ3) is 3.18. The fourth-order valence-corrected chi connectivity index (χ4v) is 3.92. The van der Waals surface area contributed by atoms with Crippen molar-refractivity contribution in [1.29, 1.82) is 0 Å². The van der Waals surface area contributed by atoms with E-state index in [9.17, 15) is 5.21 Å². The van der Waals surface area contributed by atoms with Gasteiger partial charge in [0.05, 0.1) is 12.2 Å². The summed E-state index contributed by atoms with van der Waals surface area (Å²) in [6, 6.07) is 10.9. The number of piperidine rings is 1. The summed E-state index contributed by atoms with van der Waals surface area (Å²) in [5.74, 6) is 0. The summed E-state index contributed by atoms with van der Waals surface area (Å²) in [6.45, 7) is 2.24. The second-order valence-electron chi connectivity index (χ2n) is 5.76. The lowest BCUT2D eigenvalue weighted by atomic mass is 9.88. The van der Waals surface area contributed by atoms with Crippen LogP contribution in [0, 0.1) is 0 Å². The molecular formula is C15H22N2O2S. The molecule has 20 heavy (non-hydrogen) atoms. The molecule has 0 aliphatic carbocycles. The van der Waals surface area contributed by atoms with E-state index in [1.807, 2.05) is 6.07 Å². The van der Waals surface area contributed by atoms with Gasteiger partial charge in [-0.25, -0.2) is 4.31 Å². The van der Waals surface area contributed by atoms with Crippen LogP contribution in [-0.2, 0) is 4.74 Å². The first kappa shape index (κ1) is 14.4. The van der Waals surface area contributed by atoms with Crippen LogP contribution in [0.15, 0.2) is 35.2 Å². The Morgan fingerprint density at radius 3 is 2.70 bits per heavy atom. The van der Waals surface area contributed by atoms with E-state index in [0.717, 1.165) is 39.0 Å². The second-order valence-corrected chi connectivity index (χ2v) is 6.99. The molecular weight excluding hydrogens is 272 g/mol. The molecule has 3 rings (SSSR count). The van der Waals surface area contributed by atoms with E-state index in [4.69, 9.17) is 4.74 Å². The Balaban J connectivity index is 1.57. The van der Waals surface area contributed by atoms with E-state index in [1.54, 1.807) is 11.9 Å². The van der Waals surface area contributed by atoms with Gasteiger partial charge in [0.2, 0.25) is 0 Å². The van der Waals surface area contributed by atoms with Crippen LogP contribution in [0.1, 0.15) is 19.3 Å². The minimum atomic E-state index is -0.00456. The van der Waals surface area contributed by atoms with Crippen molar-refractivity contribution < 1.29 is 9.94 Å². The first-order valence-corrected chi connectivity index (χ1v) is 7.98. The highest BCUT2D eigenvalue weighted by Crippen LogP contribution is 2.39. The first-order chi connectivity index (χ1) is 9.67. The molecule has 1 aromatic rings. The van der Waals surface area contributed by atoms with Gasteiger partial charge in [-0.15, -0.1) is 0 Å². The molecule has 1 aromatic carbocycles. The Bertz CT molecular complexity index is 435. The highest BCUT2D eigenvalue weighted by molar-refractivity contribution is 7.97. The maximum absolute atomic E-state index is 9.49. The summed E-state index contributed by atoms with van der Waals surface area (Å²) in [5, 5.41) is 10.9. The van der Waals surface area contributed by atoms with Crippen LogP contribution in [0.25, 0.3) is 0 Å². The van der Waals surface area contributed by atoms with Gasteiger partial charge in [0, 0.05) is 24.0 Å². The predicted octanol–water partition coefficient (Wildman–Crippen LogP) is 2.64. The van der Waals surface area contributed by atoms with Crippen molar-refractivity contribution in [3.63, 3.8) is 0 Å². The normalized spacial score (nSPS) is 26.4. The lowest BCUT2D eigenvalue weighted by molar-refractivity contribution is -0.150. The number of rotatable bonds is 3. The van der Waals surface area contributed by atoms with Gasteiger partial charge >= 0.3 is 0 Å². The molecule has 2 aliphatic rings. The summed E-state index contributed by atoms with van der Waals surface area (Å²) in [5.41, 5.74) is -0.00456. The minimum Gasteiger partial charge on any atom is -0.373 e. The number of hydroxylamine groups is 2. The van der Waals surface area contributed by atoms with Crippen LogP contribution in [-0.4, -0.2) is 53.0 Å². The Labute approximate surface area is 124 Å². The monoisotopic (exact) mass is 294 g/mol. The zero-order valence-corrected chi connectivity index (χ0v) is 12.7. The largest absolute Gasteiger partial charge is 0.373 e. The summed E-state index contributed by atoms with van der Waals surface area (Å²) in [6.07, 6.45) is 2.94. The highest BCUT2D eigenvalue weighted by Gasteiger charge is 2.43. The molecule has 2 saturated heterocycles. The number of nitrogens with zero attached hydrogens (tertiary/aromatic N) is 2. The zero-order chi connectivity index (χ0) is 14.0. The topological polar surface area (TPSA) is 35.9 Å². The van der Waals surface area contributed by atoms with Gasteiger partial charge < -0.3 is 9.94 Å². The van der Waals surface area contributed by atoms with Gasteiger partial charge in [0.25, 0.3) is 0 Å². The molecule has 0 aromatic heterocycles. The molecule has 4 nitrogen and oxygen atoms in total. The standard InChI is InChI=1S/C15H22N2O2S/c1-16(20-14-5-3-2-4-6-14)13-11-15(19-12-13)7-9-17(18)10-8-15/h2-6,13,18H,7-12H2,1H3/t13-/m1/s1. The SMILES string of the molecule is CN(Sc1ccccc1)[C@H]1COC2(CCN(O)CC2)C1. The van der Waals surface area contributed by atoms with Gasteiger partial charge in [-0.2, -0.15) is 5.06 Å². The molecule has 1 spiro atoms. The lowest BCUT2D eigenvalue weighted by Crippen LogP contribution is -2.43. The zero-order valence-electron chi connectivity index (χ0n) is 11.9. The van der Waals surface area contributed by atoms with Crippen molar-refractivity contribution in [3.8, 4) is 0 Å². The summed E-state index contributed by atoms with van der Waals surface area (Å²) in [7, 11) is 2.14. The van der Waals surface area contributed by atoms with Gasteiger partial charge in [-0.1, -0.05) is 18.2 Å². The van der Waals surface area contributed by atoms with Gasteiger partial charge in [-0.05, 0) is 50.4 Å². The lowest BCUT2D eigenvalue weighted by Gasteiger charge is -2.36. The molecule has 0 radical (unpaired) electrons. The maximum atomic E-state index is 9.49. The van der Waals surface area contributed by atoms with E-state index in [1.165, 1.54) is 9.96 Å².